The molecule has 0 saturated carbocycles. The highest BCUT2D eigenvalue weighted by Crippen LogP contribution is 2.41. The van der Waals surface area contributed by atoms with Crippen molar-refractivity contribution in [3.63, 3.8) is 0 Å². The topological polar surface area (TPSA) is 37.8 Å². The molecule has 0 aromatic carbocycles. The van der Waals surface area contributed by atoms with Crippen molar-refractivity contribution in [3.05, 3.63) is 17.6 Å². The molecule has 100 valence electrons. The molecule has 1 aromatic heterocycles. The Morgan fingerprint density at radius 2 is 2.00 bits per heavy atom. The summed E-state index contributed by atoms with van der Waals surface area (Å²) in [7, 11) is 1.92. The zero-order chi connectivity index (χ0) is 13.1. The van der Waals surface area contributed by atoms with Crippen molar-refractivity contribution in [3.8, 4) is 0 Å². The van der Waals surface area contributed by atoms with Crippen LogP contribution in [0, 0.1) is 0 Å². The summed E-state index contributed by atoms with van der Waals surface area (Å²) < 4.78 is 0. The van der Waals surface area contributed by atoms with Crippen molar-refractivity contribution >= 4 is 29.3 Å². The minimum atomic E-state index is 0.426. The molecule has 0 spiro atoms. The molecule has 0 radical (unpaired) electrons. The Kier molecular flexibility index (Phi) is 4.78. The van der Waals surface area contributed by atoms with Gasteiger partial charge in [-0.1, -0.05) is 20.8 Å². The minimum Gasteiger partial charge on any atom is -0.373 e. The summed E-state index contributed by atoms with van der Waals surface area (Å²) >= 11 is 4.02. The standard InChI is InChI=1S/C13H21N3S2/c1-8(2)10-7-11(14-4)16-13(15-10)12-9(3)17-5-6-18-12/h7-9,12H,5-6H2,1-4H3,(H,14,15,16). The van der Waals surface area contributed by atoms with Crippen LogP contribution >= 0.6 is 23.5 Å². The average molecular weight is 283 g/mol. The highest BCUT2D eigenvalue weighted by atomic mass is 32.2. The predicted molar refractivity (Wildman–Crippen MR) is 82.8 cm³/mol. The molecule has 18 heavy (non-hydrogen) atoms. The fraction of sp³-hybridized carbons (Fsp3) is 0.692. The zero-order valence-electron chi connectivity index (χ0n) is 11.4. The summed E-state index contributed by atoms with van der Waals surface area (Å²) in [4.78, 5) is 9.42. The second-order valence-corrected chi connectivity index (χ2v) is 7.54. The van der Waals surface area contributed by atoms with Crippen LogP contribution in [-0.2, 0) is 0 Å². The van der Waals surface area contributed by atoms with Crippen molar-refractivity contribution < 1.29 is 0 Å². The first-order valence-electron chi connectivity index (χ1n) is 6.41. The second kappa shape index (κ2) is 6.15. The summed E-state index contributed by atoms with van der Waals surface area (Å²) in [6.07, 6.45) is 0. The quantitative estimate of drug-likeness (QED) is 0.918. The molecule has 1 fully saturated rings. The van der Waals surface area contributed by atoms with Gasteiger partial charge in [-0.3, -0.25) is 0 Å². The molecule has 0 amide bonds. The minimum absolute atomic E-state index is 0.426. The highest BCUT2D eigenvalue weighted by molar-refractivity contribution is 8.06. The Morgan fingerprint density at radius 1 is 1.28 bits per heavy atom. The van der Waals surface area contributed by atoms with E-state index in [0.29, 0.717) is 16.4 Å². The fourth-order valence-electron chi connectivity index (χ4n) is 1.95. The van der Waals surface area contributed by atoms with Crippen LogP contribution in [0.15, 0.2) is 6.07 Å². The van der Waals surface area contributed by atoms with Crippen molar-refractivity contribution in [2.75, 3.05) is 23.9 Å². The first kappa shape index (κ1) is 14.0. The predicted octanol–water partition coefficient (Wildman–Crippen LogP) is 3.55. The molecule has 2 atom stereocenters. The van der Waals surface area contributed by atoms with E-state index in [2.05, 4.69) is 37.1 Å². The van der Waals surface area contributed by atoms with Crippen LogP contribution in [0.25, 0.3) is 0 Å². The van der Waals surface area contributed by atoms with Crippen molar-refractivity contribution in [2.24, 2.45) is 0 Å². The lowest BCUT2D eigenvalue weighted by molar-refractivity contribution is 0.760. The van der Waals surface area contributed by atoms with Gasteiger partial charge in [-0.2, -0.15) is 11.8 Å². The first-order chi connectivity index (χ1) is 8.61. The number of hydrogen-bond acceptors (Lipinski definition) is 5. The molecule has 2 unspecified atom stereocenters. The molecule has 3 nitrogen and oxygen atoms in total. The van der Waals surface area contributed by atoms with E-state index in [1.807, 2.05) is 30.6 Å². The van der Waals surface area contributed by atoms with E-state index < -0.39 is 0 Å². The molecule has 1 aliphatic rings. The van der Waals surface area contributed by atoms with Gasteiger partial charge >= 0.3 is 0 Å². The van der Waals surface area contributed by atoms with E-state index in [1.165, 1.54) is 11.5 Å². The van der Waals surface area contributed by atoms with Gasteiger partial charge in [0, 0.05) is 35.6 Å². The Balaban J connectivity index is 2.33. The zero-order valence-corrected chi connectivity index (χ0v) is 13.1. The Labute approximate surface area is 118 Å². The van der Waals surface area contributed by atoms with E-state index in [-0.39, 0.29) is 0 Å². The number of rotatable bonds is 3. The van der Waals surface area contributed by atoms with E-state index in [9.17, 15) is 0 Å². The molecule has 2 heterocycles. The van der Waals surface area contributed by atoms with Gasteiger partial charge in [0.15, 0.2) is 0 Å². The highest BCUT2D eigenvalue weighted by Gasteiger charge is 2.27. The van der Waals surface area contributed by atoms with Crippen LogP contribution in [-0.4, -0.2) is 33.8 Å². The third-order valence-electron chi connectivity index (χ3n) is 3.05. The molecule has 1 saturated heterocycles. The van der Waals surface area contributed by atoms with Crippen molar-refractivity contribution in [1.29, 1.82) is 0 Å². The third-order valence-corrected chi connectivity index (χ3v) is 6.14. The summed E-state index contributed by atoms with van der Waals surface area (Å²) in [6.45, 7) is 6.64. The second-order valence-electron chi connectivity index (χ2n) is 4.81. The number of hydrogen-bond donors (Lipinski definition) is 1. The Hall–Kier alpha value is -0.420. The molecule has 0 aliphatic carbocycles. The summed E-state index contributed by atoms with van der Waals surface area (Å²) in [5.41, 5.74) is 1.13. The van der Waals surface area contributed by atoms with Crippen LogP contribution in [0.1, 0.15) is 43.5 Å². The number of thioether (sulfide) groups is 2. The first-order valence-corrected chi connectivity index (χ1v) is 8.51. The van der Waals surface area contributed by atoms with Gasteiger partial charge in [0.25, 0.3) is 0 Å². The van der Waals surface area contributed by atoms with Gasteiger partial charge in [0.2, 0.25) is 0 Å². The molecular formula is C13H21N3S2. The summed E-state index contributed by atoms with van der Waals surface area (Å²) in [5.74, 6) is 4.81. The average Bonchev–Trinajstić information content (AvgIpc) is 2.38. The van der Waals surface area contributed by atoms with Gasteiger partial charge < -0.3 is 5.32 Å². The lowest BCUT2D eigenvalue weighted by Crippen LogP contribution is -2.19. The van der Waals surface area contributed by atoms with E-state index in [4.69, 9.17) is 4.98 Å². The lowest BCUT2D eigenvalue weighted by Gasteiger charge is -2.27. The van der Waals surface area contributed by atoms with Crippen LogP contribution in [0.5, 0.6) is 0 Å². The number of nitrogens with one attached hydrogen (secondary N) is 1. The van der Waals surface area contributed by atoms with Crippen LogP contribution in [0.4, 0.5) is 5.82 Å². The van der Waals surface area contributed by atoms with E-state index >= 15 is 0 Å². The van der Waals surface area contributed by atoms with Gasteiger partial charge in [-0.15, -0.1) is 11.8 Å². The summed E-state index contributed by atoms with van der Waals surface area (Å²) in [6, 6.07) is 2.06. The van der Waals surface area contributed by atoms with Gasteiger partial charge in [-0.25, -0.2) is 9.97 Å². The maximum Gasteiger partial charge on any atom is 0.145 e. The molecule has 5 heteroatoms. The van der Waals surface area contributed by atoms with Gasteiger partial charge in [0.1, 0.15) is 11.6 Å². The van der Waals surface area contributed by atoms with Crippen LogP contribution in [0.3, 0.4) is 0 Å². The molecule has 2 rings (SSSR count). The lowest BCUT2D eigenvalue weighted by atomic mass is 10.1. The van der Waals surface area contributed by atoms with E-state index in [0.717, 1.165) is 17.3 Å². The normalized spacial score (nSPS) is 24.3. The maximum atomic E-state index is 4.77. The SMILES string of the molecule is CNc1cc(C(C)C)nc(C2SCCSC2C)n1. The molecule has 0 bridgehead atoms. The number of anilines is 1. The maximum absolute atomic E-state index is 4.77. The summed E-state index contributed by atoms with van der Waals surface area (Å²) in [5, 5.41) is 4.17. The van der Waals surface area contributed by atoms with Gasteiger partial charge in [0.05, 0.1) is 5.25 Å². The van der Waals surface area contributed by atoms with Crippen LogP contribution < -0.4 is 5.32 Å². The van der Waals surface area contributed by atoms with E-state index in [1.54, 1.807) is 0 Å². The largest absolute Gasteiger partial charge is 0.373 e. The molecule has 1 N–H and O–H groups in total. The number of nitrogens with zero attached hydrogens (tertiary/aromatic N) is 2. The third kappa shape index (κ3) is 3.12. The fourth-order valence-corrected chi connectivity index (χ4v) is 4.64. The Bertz CT molecular complexity index is 409. The number of aromatic nitrogens is 2. The van der Waals surface area contributed by atoms with Gasteiger partial charge in [-0.05, 0) is 5.92 Å². The molecule has 1 aromatic rings. The molecular weight excluding hydrogens is 262 g/mol. The smallest absolute Gasteiger partial charge is 0.145 e. The Morgan fingerprint density at radius 3 is 2.61 bits per heavy atom. The van der Waals surface area contributed by atoms with Crippen molar-refractivity contribution in [2.45, 2.75) is 37.2 Å². The molecule has 1 aliphatic heterocycles. The van der Waals surface area contributed by atoms with Crippen molar-refractivity contribution in [1.82, 2.24) is 9.97 Å². The van der Waals surface area contributed by atoms with Crippen LogP contribution in [0.2, 0.25) is 0 Å². The monoisotopic (exact) mass is 283 g/mol.